The van der Waals surface area contributed by atoms with E-state index in [2.05, 4.69) is 5.10 Å². The molecule has 0 radical (unpaired) electrons. The van der Waals surface area contributed by atoms with Gasteiger partial charge >= 0.3 is 0 Å². The lowest BCUT2D eigenvalue weighted by Crippen LogP contribution is -2.24. The summed E-state index contributed by atoms with van der Waals surface area (Å²) >= 11 is 0. The van der Waals surface area contributed by atoms with E-state index in [4.69, 9.17) is 14.2 Å². The molecule has 0 aromatic heterocycles. The molecule has 3 rings (SSSR count). The number of amides is 1. The van der Waals surface area contributed by atoms with Gasteiger partial charge in [0.2, 0.25) is 5.91 Å². The molecule has 0 bridgehead atoms. The molecular weight excluding hydrogens is 344 g/mol. The van der Waals surface area contributed by atoms with Gasteiger partial charge in [-0.1, -0.05) is 12.1 Å². The summed E-state index contributed by atoms with van der Waals surface area (Å²) in [5.74, 6) is 2.01. The highest BCUT2D eigenvalue weighted by Crippen LogP contribution is 2.40. The smallest absolute Gasteiger partial charge is 0.240 e. The Kier molecular flexibility index (Phi) is 5.64. The first kappa shape index (κ1) is 18.8. The predicted molar refractivity (Wildman–Crippen MR) is 104 cm³/mol. The topological polar surface area (TPSA) is 60.4 Å². The first-order valence-corrected chi connectivity index (χ1v) is 8.90. The number of hydrogen-bond donors (Lipinski definition) is 0. The normalized spacial score (nSPS) is 16.1. The Balaban J connectivity index is 2.00. The van der Waals surface area contributed by atoms with Crippen LogP contribution in [0.25, 0.3) is 0 Å². The average Bonchev–Trinajstić information content (AvgIpc) is 3.13. The molecule has 142 valence electrons. The summed E-state index contributed by atoms with van der Waals surface area (Å²) < 4.78 is 16.5. The maximum absolute atomic E-state index is 12.3. The summed E-state index contributed by atoms with van der Waals surface area (Å²) in [5, 5.41) is 6.13. The third kappa shape index (κ3) is 3.74. The van der Waals surface area contributed by atoms with E-state index >= 15 is 0 Å². The Hall–Kier alpha value is -3.02. The van der Waals surface area contributed by atoms with Gasteiger partial charge in [0.15, 0.2) is 0 Å². The number of hydrazone groups is 1. The van der Waals surface area contributed by atoms with E-state index < -0.39 is 0 Å². The summed E-state index contributed by atoms with van der Waals surface area (Å²) in [7, 11) is 3.22. The van der Waals surface area contributed by atoms with Crippen molar-refractivity contribution in [3.05, 3.63) is 53.6 Å². The fourth-order valence-electron chi connectivity index (χ4n) is 3.29. The van der Waals surface area contributed by atoms with E-state index in [9.17, 15) is 4.79 Å². The molecule has 1 atom stereocenters. The van der Waals surface area contributed by atoms with E-state index in [1.165, 1.54) is 11.9 Å². The van der Waals surface area contributed by atoms with Crippen LogP contribution in [0.15, 0.2) is 47.6 Å². The number of para-hydroxylation sites is 1. The summed E-state index contributed by atoms with van der Waals surface area (Å²) in [4.78, 5) is 12.3. The van der Waals surface area contributed by atoms with Gasteiger partial charge in [0.1, 0.15) is 17.2 Å². The zero-order chi connectivity index (χ0) is 19.4. The number of ether oxygens (including phenoxy) is 3. The quantitative estimate of drug-likeness (QED) is 0.778. The van der Waals surface area contributed by atoms with Crippen LogP contribution in [-0.4, -0.2) is 37.5 Å². The van der Waals surface area contributed by atoms with Crippen molar-refractivity contribution in [1.29, 1.82) is 0 Å². The number of carbonyl (C=O) groups excluding carboxylic acids is 1. The Morgan fingerprint density at radius 3 is 2.59 bits per heavy atom. The second-order valence-corrected chi connectivity index (χ2v) is 6.17. The standard InChI is InChI=1S/C21H24N2O4/c1-5-27-20-9-7-6-8-16(20)18-13-19(23(22-18)14(2)24)17-11-10-15(25-3)12-21(17)26-4/h6-12,19H,5,13H2,1-4H3/t19-/m1/s1. The van der Waals surface area contributed by atoms with Crippen molar-refractivity contribution in [2.75, 3.05) is 20.8 Å². The number of methoxy groups -OCH3 is 2. The third-order valence-electron chi connectivity index (χ3n) is 4.53. The molecule has 6 nitrogen and oxygen atoms in total. The Morgan fingerprint density at radius 2 is 1.93 bits per heavy atom. The summed E-state index contributed by atoms with van der Waals surface area (Å²) in [5.41, 5.74) is 2.61. The fourth-order valence-corrected chi connectivity index (χ4v) is 3.29. The largest absolute Gasteiger partial charge is 0.497 e. The minimum Gasteiger partial charge on any atom is -0.497 e. The highest BCUT2D eigenvalue weighted by atomic mass is 16.5. The van der Waals surface area contributed by atoms with Gasteiger partial charge in [-0.2, -0.15) is 5.10 Å². The molecule has 1 amide bonds. The molecule has 0 N–H and O–H groups in total. The van der Waals surface area contributed by atoms with E-state index in [0.29, 0.717) is 24.5 Å². The van der Waals surface area contributed by atoms with Crippen molar-refractivity contribution < 1.29 is 19.0 Å². The molecule has 2 aromatic rings. The van der Waals surface area contributed by atoms with Crippen LogP contribution in [0.1, 0.15) is 37.4 Å². The van der Waals surface area contributed by atoms with E-state index in [1.54, 1.807) is 14.2 Å². The lowest BCUT2D eigenvalue weighted by Gasteiger charge is -2.22. The van der Waals surface area contributed by atoms with Crippen molar-refractivity contribution >= 4 is 11.6 Å². The van der Waals surface area contributed by atoms with Crippen LogP contribution in [0.5, 0.6) is 17.2 Å². The van der Waals surface area contributed by atoms with Crippen LogP contribution in [0, 0.1) is 0 Å². The van der Waals surface area contributed by atoms with Gasteiger partial charge in [0.05, 0.1) is 32.6 Å². The summed E-state index contributed by atoms with van der Waals surface area (Å²) in [6, 6.07) is 13.1. The van der Waals surface area contributed by atoms with Crippen molar-refractivity contribution in [1.82, 2.24) is 5.01 Å². The lowest BCUT2D eigenvalue weighted by atomic mass is 9.97. The predicted octanol–water partition coefficient (Wildman–Crippen LogP) is 3.80. The first-order chi connectivity index (χ1) is 13.1. The molecule has 0 saturated carbocycles. The van der Waals surface area contributed by atoms with E-state index in [0.717, 1.165) is 22.6 Å². The first-order valence-electron chi connectivity index (χ1n) is 8.90. The molecule has 1 aliphatic rings. The number of hydrogen-bond acceptors (Lipinski definition) is 5. The molecule has 1 aliphatic heterocycles. The Morgan fingerprint density at radius 1 is 1.15 bits per heavy atom. The molecular formula is C21H24N2O4. The summed E-state index contributed by atoms with van der Waals surface area (Å²) in [6.07, 6.45) is 0.576. The number of benzene rings is 2. The number of carbonyl (C=O) groups is 1. The fraction of sp³-hybridized carbons (Fsp3) is 0.333. The highest BCUT2D eigenvalue weighted by molar-refractivity contribution is 6.05. The molecule has 27 heavy (non-hydrogen) atoms. The lowest BCUT2D eigenvalue weighted by molar-refractivity contribution is -0.130. The zero-order valence-electron chi connectivity index (χ0n) is 16.1. The monoisotopic (exact) mass is 368 g/mol. The van der Waals surface area contributed by atoms with Gasteiger partial charge < -0.3 is 14.2 Å². The minimum atomic E-state index is -0.243. The van der Waals surface area contributed by atoms with Crippen molar-refractivity contribution in [3.8, 4) is 17.2 Å². The Bertz CT molecular complexity index is 863. The van der Waals surface area contributed by atoms with Crippen molar-refractivity contribution in [2.45, 2.75) is 26.3 Å². The van der Waals surface area contributed by atoms with Gasteiger partial charge in [-0.15, -0.1) is 0 Å². The van der Waals surface area contributed by atoms with Crippen LogP contribution in [0.4, 0.5) is 0 Å². The van der Waals surface area contributed by atoms with E-state index in [1.807, 2.05) is 49.4 Å². The van der Waals surface area contributed by atoms with Crippen LogP contribution >= 0.6 is 0 Å². The average molecular weight is 368 g/mol. The SMILES string of the molecule is CCOc1ccccc1C1=NN(C(C)=O)[C@@H](c2ccc(OC)cc2OC)C1. The van der Waals surface area contributed by atoms with Crippen LogP contribution < -0.4 is 14.2 Å². The molecule has 0 spiro atoms. The number of rotatable bonds is 6. The van der Waals surface area contributed by atoms with Gasteiger partial charge in [-0.3, -0.25) is 4.79 Å². The zero-order valence-corrected chi connectivity index (χ0v) is 16.1. The van der Waals surface area contributed by atoms with Gasteiger partial charge in [0, 0.05) is 30.5 Å². The minimum absolute atomic E-state index is 0.123. The second-order valence-electron chi connectivity index (χ2n) is 6.17. The van der Waals surface area contributed by atoms with Gasteiger partial charge in [-0.05, 0) is 31.2 Å². The van der Waals surface area contributed by atoms with Crippen molar-refractivity contribution in [2.24, 2.45) is 5.10 Å². The molecule has 0 unspecified atom stereocenters. The van der Waals surface area contributed by atoms with Gasteiger partial charge in [0.25, 0.3) is 0 Å². The summed E-state index contributed by atoms with van der Waals surface area (Å²) in [6.45, 7) is 4.03. The maximum Gasteiger partial charge on any atom is 0.240 e. The van der Waals surface area contributed by atoms with E-state index in [-0.39, 0.29) is 11.9 Å². The molecule has 2 aromatic carbocycles. The number of nitrogens with zero attached hydrogens (tertiary/aromatic N) is 2. The Labute approximate surface area is 159 Å². The molecule has 0 saturated heterocycles. The maximum atomic E-state index is 12.3. The van der Waals surface area contributed by atoms with Crippen LogP contribution in [0.2, 0.25) is 0 Å². The molecule has 0 fully saturated rings. The molecule has 1 heterocycles. The molecule has 6 heteroatoms. The second kappa shape index (κ2) is 8.12. The van der Waals surface area contributed by atoms with Crippen LogP contribution in [-0.2, 0) is 4.79 Å². The van der Waals surface area contributed by atoms with Gasteiger partial charge in [-0.25, -0.2) is 5.01 Å². The highest BCUT2D eigenvalue weighted by Gasteiger charge is 2.34. The molecule has 0 aliphatic carbocycles. The van der Waals surface area contributed by atoms with Crippen LogP contribution in [0.3, 0.4) is 0 Å². The van der Waals surface area contributed by atoms with Crippen molar-refractivity contribution in [3.63, 3.8) is 0 Å². The third-order valence-corrected chi connectivity index (χ3v) is 4.53.